The molecule has 1 heterocycles. The van der Waals surface area contributed by atoms with Gasteiger partial charge in [-0.2, -0.15) is 0 Å². The van der Waals surface area contributed by atoms with Crippen molar-refractivity contribution in [1.82, 2.24) is 10.2 Å². The van der Waals surface area contributed by atoms with E-state index < -0.39 is 0 Å². The molecule has 0 radical (unpaired) electrons. The molecule has 2 aliphatic rings. The number of aryl methyl sites for hydroxylation is 1. The number of benzene rings is 1. The van der Waals surface area contributed by atoms with Crippen molar-refractivity contribution in [1.29, 1.82) is 0 Å². The van der Waals surface area contributed by atoms with Crippen molar-refractivity contribution in [3.8, 4) is 0 Å². The van der Waals surface area contributed by atoms with Crippen molar-refractivity contribution < 1.29 is 13.9 Å². The fraction of sp³-hybridized carbons (Fsp3) is 0.632. The van der Waals surface area contributed by atoms with Gasteiger partial charge in [0.15, 0.2) is 0 Å². The van der Waals surface area contributed by atoms with E-state index in [0.29, 0.717) is 11.5 Å². The summed E-state index contributed by atoms with van der Waals surface area (Å²) in [6, 6.07) is 4.79. The molecule has 2 amide bonds. The van der Waals surface area contributed by atoms with Crippen LogP contribution in [0, 0.1) is 24.1 Å². The molecule has 3 rings (SSSR count). The lowest BCUT2D eigenvalue weighted by molar-refractivity contribution is -0.0941. The summed E-state index contributed by atoms with van der Waals surface area (Å²) in [5.41, 5.74) is 1.67. The fourth-order valence-corrected chi connectivity index (χ4v) is 3.93. The summed E-state index contributed by atoms with van der Waals surface area (Å²) in [7, 11) is 1.74. The largest absolute Gasteiger partial charge is 0.384 e. The van der Waals surface area contributed by atoms with Gasteiger partial charge in [0.2, 0.25) is 0 Å². The summed E-state index contributed by atoms with van der Waals surface area (Å²) in [6.07, 6.45) is 3.80. The summed E-state index contributed by atoms with van der Waals surface area (Å²) >= 11 is 0. The molecule has 0 spiro atoms. The van der Waals surface area contributed by atoms with E-state index >= 15 is 0 Å². The predicted molar refractivity (Wildman–Crippen MR) is 91.3 cm³/mol. The highest BCUT2D eigenvalue weighted by molar-refractivity contribution is 5.76. The molecule has 0 unspecified atom stereocenters. The first kappa shape index (κ1) is 17.2. The number of likely N-dealkylation sites (tertiary alicyclic amines) is 1. The average Bonchev–Trinajstić information content (AvgIpc) is 2.44. The number of nitrogens with zero attached hydrogens (tertiary/aromatic N) is 1. The van der Waals surface area contributed by atoms with E-state index in [1.165, 1.54) is 25.3 Å². The van der Waals surface area contributed by atoms with E-state index in [2.05, 4.69) is 5.32 Å². The minimum absolute atomic E-state index is 0.0458. The molecule has 0 bridgehead atoms. The van der Waals surface area contributed by atoms with Crippen LogP contribution in [-0.4, -0.2) is 37.7 Å². The van der Waals surface area contributed by atoms with Gasteiger partial charge in [-0.15, -0.1) is 0 Å². The van der Waals surface area contributed by atoms with Gasteiger partial charge in [0, 0.05) is 25.6 Å². The van der Waals surface area contributed by atoms with E-state index in [1.54, 1.807) is 26.2 Å². The Morgan fingerprint density at radius 3 is 2.71 bits per heavy atom. The quantitative estimate of drug-likeness (QED) is 0.893. The summed E-state index contributed by atoms with van der Waals surface area (Å²) in [5.74, 6) is 0.475. The number of urea groups is 1. The Hall–Kier alpha value is -1.62. The zero-order valence-electron chi connectivity index (χ0n) is 14.8. The van der Waals surface area contributed by atoms with E-state index in [4.69, 9.17) is 4.74 Å². The number of carbonyl (C=O) groups excluding carboxylic acids is 1. The highest BCUT2D eigenvalue weighted by Crippen LogP contribution is 2.48. The third-order valence-electron chi connectivity index (χ3n) is 5.72. The highest BCUT2D eigenvalue weighted by atomic mass is 19.1. The molecule has 24 heavy (non-hydrogen) atoms. The number of carbonyl (C=O) groups is 1. The molecule has 1 atom stereocenters. The summed E-state index contributed by atoms with van der Waals surface area (Å²) in [4.78, 5) is 14.3. The number of methoxy groups -OCH3 is 1. The molecule has 1 aromatic rings. The molecule has 0 aromatic heterocycles. The lowest BCUT2D eigenvalue weighted by atomic mass is 9.61. The molecule has 1 aliphatic carbocycles. The maximum Gasteiger partial charge on any atom is 0.317 e. The second kappa shape index (κ2) is 6.71. The smallest absolute Gasteiger partial charge is 0.317 e. The van der Waals surface area contributed by atoms with Crippen LogP contribution in [0.1, 0.15) is 43.4 Å². The van der Waals surface area contributed by atoms with Crippen LogP contribution in [0.25, 0.3) is 0 Å². The first-order chi connectivity index (χ1) is 11.4. The lowest BCUT2D eigenvalue weighted by Crippen LogP contribution is -2.66. The van der Waals surface area contributed by atoms with Crippen LogP contribution < -0.4 is 5.32 Å². The molecule has 1 saturated heterocycles. The predicted octanol–water partition coefficient (Wildman–Crippen LogP) is 3.65. The molecular weight excluding hydrogens is 307 g/mol. The van der Waals surface area contributed by atoms with Crippen LogP contribution >= 0.6 is 0 Å². The molecular formula is C19H27FN2O2. The van der Waals surface area contributed by atoms with Gasteiger partial charge in [-0.1, -0.05) is 18.6 Å². The fourth-order valence-electron chi connectivity index (χ4n) is 3.93. The Morgan fingerprint density at radius 1 is 1.46 bits per heavy atom. The number of rotatable bonds is 5. The zero-order valence-corrected chi connectivity index (χ0v) is 14.8. The van der Waals surface area contributed by atoms with E-state index in [-0.39, 0.29) is 23.3 Å². The number of amides is 2. The molecule has 2 fully saturated rings. The average molecular weight is 334 g/mol. The summed E-state index contributed by atoms with van der Waals surface area (Å²) < 4.78 is 18.8. The minimum Gasteiger partial charge on any atom is -0.384 e. The molecule has 4 nitrogen and oxygen atoms in total. The summed E-state index contributed by atoms with van der Waals surface area (Å²) in [5, 5.41) is 3.02. The van der Waals surface area contributed by atoms with Crippen LogP contribution in [0.4, 0.5) is 9.18 Å². The Balaban J connectivity index is 1.56. The Morgan fingerprint density at radius 2 is 2.17 bits per heavy atom. The monoisotopic (exact) mass is 334 g/mol. The molecule has 1 aromatic carbocycles. The third kappa shape index (κ3) is 3.14. The maximum atomic E-state index is 13.4. The second-order valence-electron chi connectivity index (χ2n) is 7.46. The van der Waals surface area contributed by atoms with Gasteiger partial charge in [-0.3, -0.25) is 0 Å². The number of halogens is 1. The summed E-state index contributed by atoms with van der Waals surface area (Å²) in [6.45, 7) is 5.94. The lowest BCUT2D eigenvalue weighted by Gasteiger charge is -2.56. The maximum absolute atomic E-state index is 13.4. The first-order valence-electron chi connectivity index (χ1n) is 8.75. The second-order valence-corrected chi connectivity index (χ2v) is 7.46. The van der Waals surface area contributed by atoms with Crippen LogP contribution in [0.3, 0.4) is 0 Å². The van der Waals surface area contributed by atoms with Gasteiger partial charge >= 0.3 is 6.03 Å². The van der Waals surface area contributed by atoms with E-state index in [9.17, 15) is 9.18 Å². The van der Waals surface area contributed by atoms with Crippen molar-refractivity contribution in [2.24, 2.45) is 11.3 Å². The van der Waals surface area contributed by atoms with Crippen molar-refractivity contribution in [3.05, 3.63) is 35.1 Å². The van der Waals surface area contributed by atoms with Crippen molar-refractivity contribution in [2.75, 3.05) is 26.8 Å². The van der Waals surface area contributed by atoms with Crippen molar-refractivity contribution in [2.45, 2.75) is 39.2 Å². The van der Waals surface area contributed by atoms with E-state index in [0.717, 1.165) is 25.3 Å². The molecule has 1 saturated carbocycles. The van der Waals surface area contributed by atoms with Crippen LogP contribution in [0.2, 0.25) is 0 Å². The molecule has 5 heteroatoms. The SMILES string of the molecule is COCC1(C2CCC2)CN(C(=O)N[C@H](C)c2ccc(F)c(C)c2)C1. The van der Waals surface area contributed by atoms with Crippen molar-refractivity contribution in [3.63, 3.8) is 0 Å². The van der Waals surface area contributed by atoms with Gasteiger partial charge in [-0.05, 0) is 49.8 Å². The number of hydrogen-bond donors (Lipinski definition) is 1. The Kier molecular flexibility index (Phi) is 4.81. The minimum atomic E-state index is -0.218. The van der Waals surface area contributed by atoms with Crippen molar-refractivity contribution >= 4 is 6.03 Å². The first-order valence-corrected chi connectivity index (χ1v) is 8.75. The standard InChI is InChI=1S/C19H27FN2O2/c1-13-9-15(7-8-17(13)20)14(2)21-18(23)22-10-19(11-22,12-24-3)16-5-4-6-16/h7-9,14,16H,4-6,10-12H2,1-3H3,(H,21,23)/t14-/m1/s1. The Bertz CT molecular complexity index is 609. The third-order valence-corrected chi connectivity index (χ3v) is 5.72. The van der Waals surface area contributed by atoms with Gasteiger partial charge in [0.25, 0.3) is 0 Å². The zero-order chi connectivity index (χ0) is 17.3. The highest BCUT2D eigenvalue weighted by Gasteiger charge is 2.52. The number of hydrogen-bond acceptors (Lipinski definition) is 2. The molecule has 132 valence electrons. The van der Waals surface area contributed by atoms with Gasteiger partial charge in [-0.25, -0.2) is 9.18 Å². The van der Waals surface area contributed by atoms with Gasteiger partial charge in [0.1, 0.15) is 5.82 Å². The Labute approximate surface area is 143 Å². The van der Waals surface area contributed by atoms with Crippen LogP contribution in [0.15, 0.2) is 18.2 Å². The normalized spacial score (nSPS) is 20.9. The number of nitrogens with one attached hydrogen (secondary N) is 1. The van der Waals surface area contributed by atoms with Gasteiger partial charge < -0.3 is 15.0 Å². The number of ether oxygens (including phenoxy) is 1. The topological polar surface area (TPSA) is 41.6 Å². The molecule has 1 aliphatic heterocycles. The van der Waals surface area contributed by atoms with Crippen LogP contribution in [0.5, 0.6) is 0 Å². The van der Waals surface area contributed by atoms with E-state index in [1.807, 2.05) is 11.8 Å². The van der Waals surface area contributed by atoms with Gasteiger partial charge in [0.05, 0.1) is 12.6 Å². The van der Waals surface area contributed by atoms with Crippen LogP contribution in [-0.2, 0) is 4.74 Å². The molecule has 1 N–H and O–H groups in total.